The molecule has 2 N–H and O–H groups in total. The second-order valence-corrected chi connectivity index (χ2v) is 8.11. The largest absolute Gasteiger partial charge is 0.493 e. The Morgan fingerprint density at radius 3 is 2.79 bits per heavy atom. The Morgan fingerprint density at radius 1 is 1.24 bits per heavy atom. The highest BCUT2D eigenvalue weighted by Crippen LogP contribution is 2.20. The summed E-state index contributed by atoms with van der Waals surface area (Å²) in [4.78, 5) is 26.7. The van der Waals surface area contributed by atoms with E-state index in [9.17, 15) is 9.59 Å². The molecule has 7 heteroatoms. The fraction of sp³-hybridized carbons (Fsp3) is 0.636. The Kier molecular flexibility index (Phi) is 9.24. The Bertz CT molecular complexity index is 692. The van der Waals surface area contributed by atoms with Gasteiger partial charge in [-0.3, -0.25) is 9.59 Å². The van der Waals surface area contributed by atoms with Crippen molar-refractivity contribution in [1.29, 1.82) is 0 Å². The fourth-order valence-corrected chi connectivity index (χ4v) is 4.10. The number of benzene rings is 1. The summed E-state index contributed by atoms with van der Waals surface area (Å²) in [6.45, 7) is 7.58. The summed E-state index contributed by atoms with van der Waals surface area (Å²) < 4.78 is 5.80. The topological polar surface area (TPSA) is 70.7 Å². The van der Waals surface area contributed by atoms with E-state index in [1.54, 1.807) is 0 Å². The van der Waals surface area contributed by atoms with Crippen LogP contribution in [0.3, 0.4) is 0 Å². The molecule has 0 radical (unpaired) electrons. The maximum absolute atomic E-state index is 12.6. The number of carbonyl (C=O) groups excluding carboxylic acids is 2. The smallest absolute Gasteiger partial charge is 0.237 e. The van der Waals surface area contributed by atoms with Crippen LogP contribution in [0.1, 0.15) is 43.2 Å². The van der Waals surface area contributed by atoms with Crippen molar-refractivity contribution in [3.05, 3.63) is 29.3 Å². The number of hydrogen-bond donors (Lipinski definition) is 2. The average molecular weight is 424 g/mol. The maximum atomic E-state index is 12.6. The van der Waals surface area contributed by atoms with Crippen LogP contribution in [-0.2, 0) is 9.59 Å². The van der Waals surface area contributed by atoms with Gasteiger partial charge in [0.1, 0.15) is 5.75 Å². The lowest BCUT2D eigenvalue weighted by atomic mass is 9.97. The second-order valence-electron chi connectivity index (χ2n) is 8.11. The van der Waals surface area contributed by atoms with Gasteiger partial charge >= 0.3 is 0 Å². The predicted octanol–water partition coefficient (Wildman–Crippen LogP) is 2.60. The summed E-state index contributed by atoms with van der Waals surface area (Å²) in [6.07, 6.45) is 4.42. The number of halogens is 1. The minimum absolute atomic E-state index is 0. The lowest BCUT2D eigenvalue weighted by molar-refractivity contribution is -0.133. The molecule has 0 aliphatic carbocycles. The molecule has 0 saturated carbocycles. The van der Waals surface area contributed by atoms with Crippen molar-refractivity contribution in [2.75, 3.05) is 32.8 Å². The highest BCUT2D eigenvalue weighted by molar-refractivity contribution is 5.85. The summed E-state index contributed by atoms with van der Waals surface area (Å²) in [7, 11) is 0. The molecular formula is C22H34ClN3O3. The van der Waals surface area contributed by atoms with Crippen LogP contribution < -0.4 is 15.4 Å². The first-order valence-electron chi connectivity index (χ1n) is 10.5. The molecule has 0 bridgehead atoms. The monoisotopic (exact) mass is 423 g/mol. The van der Waals surface area contributed by atoms with Crippen LogP contribution in [-0.4, -0.2) is 55.5 Å². The summed E-state index contributed by atoms with van der Waals surface area (Å²) in [5.74, 6) is 1.42. The van der Waals surface area contributed by atoms with Gasteiger partial charge in [0.25, 0.3) is 0 Å². The predicted molar refractivity (Wildman–Crippen MR) is 117 cm³/mol. The summed E-state index contributed by atoms with van der Waals surface area (Å²) in [5, 5.41) is 6.29. The maximum Gasteiger partial charge on any atom is 0.237 e. The third-order valence-corrected chi connectivity index (χ3v) is 5.72. The number of nitrogens with one attached hydrogen (secondary N) is 2. The summed E-state index contributed by atoms with van der Waals surface area (Å²) in [5.41, 5.74) is 2.30. The molecule has 2 amide bonds. The van der Waals surface area contributed by atoms with Crippen LogP contribution in [0.15, 0.2) is 18.2 Å². The Labute approximate surface area is 180 Å². The zero-order chi connectivity index (χ0) is 19.9. The standard InChI is InChI=1S/C22H33N3O3.ClH/c1-16-7-8-20(17(2)13-16)28-12-9-21(26)25-11-4-5-18(15-25)14-24-22(27)19-6-3-10-23-19;/h7-8,13,18-19,23H,3-6,9-12,14-15H2,1-2H3,(H,24,27);1H. The summed E-state index contributed by atoms with van der Waals surface area (Å²) in [6, 6.07) is 6.04. The van der Waals surface area contributed by atoms with Gasteiger partial charge in [-0.1, -0.05) is 17.7 Å². The Balaban J connectivity index is 0.00000300. The molecule has 2 fully saturated rings. The number of piperidine rings is 1. The van der Waals surface area contributed by atoms with Crippen LogP contribution in [0.4, 0.5) is 0 Å². The number of hydrogen-bond acceptors (Lipinski definition) is 4. The molecule has 2 aliphatic rings. The van der Waals surface area contributed by atoms with E-state index in [2.05, 4.69) is 23.6 Å². The molecule has 0 spiro atoms. The molecule has 2 heterocycles. The number of nitrogens with zero attached hydrogens (tertiary/aromatic N) is 1. The van der Waals surface area contributed by atoms with Crippen LogP contribution in [0, 0.1) is 19.8 Å². The molecular weight excluding hydrogens is 390 g/mol. The molecule has 0 aromatic heterocycles. The van der Waals surface area contributed by atoms with E-state index in [1.165, 1.54) is 5.56 Å². The second kappa shape index (κ2) is 11.4. The lowest BCUT2D eigenvalue weighted by Crippen LogP contribution is -2.46. The van der Waals surface area contributed by atoms with Crippen LogP contribution >= 0.6 is 12.4 Å². The molecule has 1 aromatic carbocycles. The van der Waals surface area contributed by atoms with Gasteiger partial charge < -0.3 is 20.3 Å². The molecule has 6 nitrogen and oxygen atoms in total. The molecule has 2 saturated heterocycles. The molecule has 29 heavy (non-hydrogen) atoms. The van der Waals surface area contributed by atoms with Gasteiger partial charge in [-0.15, -0.1) is 12.4 Å². The van der Waals surface area contributed by atoms with E-state index in [1.807, 2.05) is 24.0 Å². The normalized spacial score (nSPS) is 21.4. The summed E-state index contributed by atoms with van der Waals surface area (Å²) >= 11 is 0. The molecule has 1 aromatic rings. The fourth-order valence-electron chi connectivity index (χ4n) is 4.10. The first kappa shape index (κ1) is 23.5. The molecule has 2 atom stereocenters. The van der Waals surface area contributed by atoms with Gasteiger partial charge in [0.05, 0.1) is 19.1 Å². The van der Waals surface area contributed by atoms with Crippen molar-refractivity contribution in [3.8, 4) is 5.75 Å². The minimum Gasteiger partial charge on any atom is -0.493 e. The molecule has 2 aliphatic heterocycles. The zero-order valence-corrected chi connectivity index (χ0v) is 18.4. The lowest BCUT2D eigenvalue weighted by Gasteiger charge is -2.33. The average Bonchev–Trinajstić information content (AvgIpc) is 3.23. The highest BCUT2D eigenvalue weighted by atomic mass is 35.5. The van der Waals surface area contributed by atoms with E-state index in [-0.39, 0.29) is 30.3 Å². The van der Waals surface area contributed by atoms with Gasteiger partial charge in [-0.25, -0.2) is 0 Å². The Hall–Kier alpha value is -1.79. The van der Waals surface area contributed by atoms with Gasteiger partial charge in [0, 0.05) is 19.6 Å². The van der Waals surface area contributed by atoms with Crippen LogP contribution in [0.5, 0.6) is 5.75 Å². The van der Waals surface area contributed by atoms with Crippen molar-refractivity contribution < 1.29 is 14.3 Å². The van der Waals surface area contributed by atoms with Gasteiger partial charge in [-0.05, 0) is 63.6 Å². The van der Waals surface area contributed by atoms with Crippen molar-refractivity contribution in [1.82, 2.24) is 15.5 Å². The van der Waals surface area contributed by atoms with Crippen LogP contribution in [0.2, 0.25) is 0 Å². The number of carbonyl (C=O) groups is 2. The number of amides is 2. The van der Waals surface area contributed by atoms with E-state index in [0.717, 1.165) is 56.6 Å². The number of ether oxygens (including phenoxy) is 1. The third kappa shape index (κ3) is 6.89. The van der Waals surface area contributed by atoms with Crippen molar-refractivity contribution in [3.63, 3.8) is 0 Å². The van der Waals surface area contributed by atoms with E-state index in [0.29, 0.717) is 25.5 Å². The number of likely N-dealkylation sites (tertiary alicyclic amines) is 1. The van der Waals surface area contributed by atoms with Crippen molar-refractivity contribution >= 4 is 24.2 Å². The van der Waals surface area contributed by atoms with E-state index < -0.39 is 0 Å². The van der Waals surface area contributed by atoms with Crippen molar-refractivity contribution in [2.45, 2.75) is 52.0 Å². The Morgan fingerprint density at radius 2 is 2.07 bits per heavy atom. The van der Waals surface area contributed by atoms with Gasteiger partial charge in [-0.2, -0.15) is 0 Å². The first-order valence-corrected chi connectivity index (χ1v) is 10.5. The van der Waals surface area contributed by atoms with Gasteiger partial charge in [0.2, 0.25) is 11.8 Å². The van der Waals surface area contributed by atoms with Gasteiger partial charge in [0.15, 0.2) is 0 Å². The minimum atomic E-state index is -0.0382. The molecule has 3 rings (SSSR count). The number of rotatable bonds is 7. The van der Waals surface area contributed by atoms with Crippen molar-refractivity contribution in [2.24, 2.45) is 5.92 Å². The quantitative estimate of drug-likeness (QED) is 0.707. The van der Waals surface area contributed by atoms with Crippen LogP contribution in [0.25, 0.3) is 0 Å². The number of aryl methyl sites for hydroxylation is 2. The van der Waals surface area contributed by atoms with E-state index >= 15 is 0 Å². The first-order chi connectivity index (χ1) is 13.5. The highest BCUT2D eigenvalue weighted by Gasteiger charge is 2.26. The zero-order valence-electron chi connectivity index (χ0n) is 17.5. The SMILES string of the molecule is Cc1ccc(OCCC(=O)N2CCCC(CNC(=O)C3CCCN3)C2)c(C)c1.Cl. The molecule has 162 valence electrons. The van der Waals surface area contributed by atoms with E-state index in [4.69, 9.17) is 4.74 Å². The third-order valence-electron chi connectivity index (χ3n) is 5.72. The molecule has 2 unspecified atom stereocenters.